The smallest absolute Gasteiger partial charge is 0.243 e. The van der Waals surface area contributed by atoms with Gasteiger partial charge in [-0.15, -0.1) is 4.91 Å². The monoisotopic (exact) mass is 743 g/mol. The lowest BCUT2D eigenvalue weighted by Crippen LogP contribution is -2.44. The molecule has 0 spiro atoms. The van der Waals surface area contributed by atoms with Crippen LogP contribution in [-0.2, 0) is 20.0 Å². The van der Waals surface area contributed by atoms with Crippen molar-refractivity contribution in [3.8, 4) is 0 Å². The van der Waals surface area contributed by atoms with Gasteiger partial charge in [0, 0.05) is 40.2 Å². The van der Waals surface area contributed by atoms with E-state index in [0.29, 0.717) is 41.5 Å². The zero-order valence-electron chi connectivity index (χ0n) is 31.3. The Balaban J connectivity index is 1.54. The second-order valence-electron chi connectivity index (χ2n) is 16.5. The normalized spacial score (nSPS) is 22.3. The van der Waals surface area contributed by atoms with Crippen molar-refractivity contribution in [3.05, 3.63) is 41.3 Å². The van der Waals surface area contributed by atoms with Crippen LogP contribution in [0.1, 0.15) is 92.4 Å². The number of nitrogens with zero attached hydrogens (tertiary/aromatic N) is 3. The summed E-state index contributed by atoms with van der Waals surface area (Å²) in [5.41, 5.74) is 2.51. The minimum absolute atomic E-state index is 0.0216. The zero-order valence-corrected chi connectivity index (χ0v) is 32.9. The van der Waals surface area contributed by atoms with Gasteiger partial charge in [0.2, 0.25) is 20.0 Å². The van der Waals surface area contributed by atoms with Crippen LogP contribution in [0.3, 0.4) is 0 Å². The number of nitroso groups, excluding NO2 is 1. The molecule has 3 aromatic carbocycles. The fraction of sp³-hybridized carbons (Fsp3) is 0.632. The molecule has 3 N–H and O–H groups in total. The topological polar surface area (TPSA) is 148 Å². The lowest BCUT2D eigenvalue weighted by Gasteiger charge is -2.40. The van der Waals surface area contributed by atoms with Gasteiger partial charge in [0.15, 0.2) is 0 Å². The van der Waals surface area contributed by atoms with E-state index in [1.54, 1.807) is 10.4 Å². The molecule has 51 heavy (non-hydrogen) atoms. The average molecular weight is 744 g/mol. The molecule has 0 unspecified atom stereocenters. The van der Waals surface area contributed by atoms with E-state index in [1.165, 1.54) is 30.3 Å². The number of anilines is 1. The molecule has 0 radical (unpaired) electrons. The first-order valence-corrected chi connectivity index (χ1v) is 21.4. The average Bonchev–Trinajstić information content (AvgIpc) is 3.08. The third-order valence-corrected chi connectivity index (χ3v) is 15.0. The highest BCUT2D eigenvalue weighted by molar-refractivity contribution is 7.89. The zero-order chi connectivity index (χ0) is 37.3. The largest absolute Gasteiger partial charge is 0.309 e. The second kappa shape index (κ2) is 15.7. The molecule has 5 rings (SSSR count). The van der Waals surface area contributed by atoms with Crippen molar-refractivity contribution in [3.63, 3.8) is 0 Å². The van der Waals surface area contributed by atoms with Crippen LogP contribution in [0.4, 0.5) is 11.4 Å². The fourth-order valence-corrected chi connectivity index (χ4v) is 11.4. The van der Waals surface area contributed by atoms with Gasteiger partial charge in [0.05, 0.1) is 15.5 Å². The molecule has 0 aromatic heterocycles. The minimum atomic E-state index is -4.02. The van der Waals surface area contributed by atoms with Crippen molar-refractivity contribution in [2.75, 3.05) is 32.7 Å². The standard InChI is InChI=1S/C38H57N5O6S2/c1-25(2)26-9-13-28(14-10-26)41-50(46,47)30-17-19-32-34(23-30)37(40-45)35-24-31(18-20-33(35)36(32)39-44)51(48,49)43(22-8-21-42(6)7)29-15-11-27(12-16-29)38(3,4)5/h17-20,23-29,39,41,44H,8-16,21-22H2,1-7H3. The van der Waals surface area contributed by atoms with Crippen molar-refractivity contribution in [1.29, 1.82) is 0 Å². The maximum absolute atomic E-state index is 14.5. The maximum atomic E-state index is 14.5. The first-order chi connectivity index (χ1) is 24.0. The second-order valence-corrected chi connectivity index (χ2v) is 20.1. The highest BCUT2D eigenvalue weighted by atomic mass is 32.2. The lowest BCUT2D eigenvalue weighted by atomic mass is 9.71. The van der Waals surface area contributed by atoms with E-state index in [0.717, 1.165) is 57.9 Å². The van der Waals surface area contributed by atoms with Gasteiger partial charge in [-0.1, -0.05) is 46.8 Å². The van der Waals surface area contributed by atoms with Crippen LogP contribution < -0.4 is 10.2 Å². The predicted octanol–water partition coefficient (Wildman–Crippen LogP) is 8.23. The van der Waals surface area contributed by atoms with Crippen molar-refractivity contribution in [2.24, 2.45) is 28.3 Å². The summed E-state index contributed by atoms with van der Waals surface area (Å²) in [6.45, 7) is 12.2. The summed E-state index contributed by atoms with van der Waals surface area (Å²) in [5.74, 6) is 1.65. The van der Waals surface area contributed by atoms with Crippen molar-refractivity contribution < 1.29 is 22.0 Å². The van der Waals surface area contributed by atoms with Gasteiger partial charge in [-0.2, -0.15) is 4.31 Å². The van der Waals surface area contributed by atoms with Gasteiger partial charge in [0.1, 0.15) is 5.69 Å². The molecule has 282 valence electrons. The molecular weight excluding hydrogens is 687 g/mol. The van der Waals surface area contributed by atoms with Gasteiger partial charge < -0.3 is 4.90 Å². The third-order valence-electron chi connectivity index (χ3n) is 11.5. The van der Waals surface area contributed by atoms with E-state index < -0.39 is 20.0 Å². The maximum Gasteiger partial charge on any atom is 0.243 e. The Hall–Kier alpha value is -2.68. The predicted molar refractivity (Wildman–Crippen MR) is 205 cm³/mol. The highest BCUT2D eigenvalue weighted by Crippen LogP contribution is 2.44. The van der Waals surface area contributed by atoms with E-state index in [4.69, 9.17) is 0 Å². The Labute approximate surface area is 304 Å². The molecule has 0 saturated heterocycles. The van der Waals surface area contributed by atoms with E-state index in [9.17, 15) is 26.9 Å². The summed E-state index contributed by atoms with van der Waals surface area (Å²) in [4.78, 5) is 14.6. The molecule has 0 atom stereocenters. The molecule has 2 aliphatic rings. The van der Waals surface area contributed by atoms with Crippen LogP contribution >= 0.6 is 0 Å². The van der Waals surface area contributed by atoms with Crippen molar-refractivity contribution in [1.82, 2.24) is 13.9 Å². The summed E-state index contributed by atoms with van der Waals surface area (Å²) in [5, 5.41) is 14.8. The van der Waals surface area contributed by atoms with Crippen LogP contribution in [0.15, 0.2) is 51.4 Å². The lowest BCUT2D eigenvalue weighted by molar-refractivity contribution is 0.133. The quantitative estimate of drug-likeness (QED) is 0.0901. The summed E-state index contributed by atoms with van der Waals surface area (Å²) in [7, 11) is -4.04. The van der Waals surface area contributed by atoms with E-state index >= 15 is 0 Å². The number of benzene rings is 3. The molecule has 2 aliphatic carbocycles. The Kier molecular flexibility index (Phi) is 12.2. The van der Waals surface area contributed by atoms with E-state index in [1.807, 2.05) is 19.0 Å². The number of nitrogens with one attached hydrogen (secondary N) is 2. The fourth-order valence-electron chi connectivity index (χ4n) is 8.31. The van der Waals surface area contributed by atoms with Crippen LogP contribution in [0.5, 0.6) is 0 Å². The highest BCUT2D eigenvalue weighted by Gasteiger charge is 2.37. The Morgan fingerprint density at radius 2 is 1.39 bits per heavy atom. The van der Waals surface area contributed by atoms with Crippen LogP contribution in [0.2, 0.25) is 0 Å². The molecular formula is C38H57N5O6S2. The van der Waals surface area contributed by atoms with Gasteiger partial charge in [0.25, 0.3) is 0 Å². The Morgan fingerprint density at radius 1 is 0.824 bits per heavy atom. The van der Waals surface area contributed by atoms with E-state index in [2.05, 4.69) is 50.0 Å². The molecule has 2 saturated carbocycles. The first-order valence-electron chi connectivity index (χ1n) is 18.4. The van der Waals surface area contributed by atoms with Crippen LogP contribution in [0, 0.1) is 28.1 Å². The number of hydrogen-bond acceptors (Lipinski definition) is 9. The summed E-state index contributed by atoms with van der Waals surface area (Å²) < 4.78 is 60.8. The van der Waals surface area contributed by atoms with Crippen LogP contribution in [-0.4, -0.2) is 70.5 Å². The third kappa shape index (κ3) is 8.60. The molecule has 13 heteroatoms. The molecule has 2 fully saturated rings. The van der Waals surface area contributed by atoms with Gasteiger partial charge in [-0.05, 0) is 131 Å². The van der Waals surface area contributed by atoms with E-state index in [-0.39, 0.29) is 49.4 Å². The molecule has 0 aliphatic heterocycles. The number of sulfonamides is 2. The summed E-state index contributed by atoms with van der Waals surface area (Å²) >= 11 is 0. The van der Waals surface area contributed by atoms with Gasteiger partial charge >= 0.3 is 0 Å². The summed E-state index contributed by atoms with van der Waals surface area (Å²) in [6.07, 6.45) is 7.50. The number of fused-ring (bicyclic) bond motifs is 2. The van der Waals surface area contributed by atoms with Gasteiger partial charge in [-0.3, -0.25) is 10.7 Å². The van der Waals surface area contributed by atoms with Crippen molar-refractivity contribution >= 4 is 53.0 Å². The first kappa shape index (κ1) is 39.5. The van der Waals surface area contributed by atoms with Crippen molar-refractivity contribution in [2.45, 2.75) is 114 Å². The molecule has 0 bridgehead atoms. The number of hydrogen-bond donors (Lipinski definition) is 3. The molecule has 3 aromatic rings. The van der Waals surface area contributed by atoms with Gasteiger partial charge in [-0.25, -0.2) is 21.6 Å². The Bertz CT molecular complexity index is 1930. The summed E-state index contributed by atoms with van der Waals surface area (Å²) in [6, 6.07) is 8.56. The van der Waals surface area contributed by atoms with Crippen LogP contribution in [0.25, 0.3) is 21.5 Å². The molecule has 0 heterocycles. The Morgan fingerprint density at radius 3 is 1.90 bits per heavy atom. The molecule has 11 nitrogen and oxygen atoms in total. The molecule has 0 amide bonds. The minimum Gasteiger partial charge on any atom is -0.309 e. The SMILES string of the molecule is CC(C)C1CCC(NS(=O)(=O)c2ccc3c(NO)c4ccc(S(=O)(=O)N(CCCN(C)C)C5CCC(C(C)(C)C)CC5)cc4c(N=O)c3c2)CC1. The number of rotatable bonds is 13.